The molecule has 0 spiro atoms. The van der Waals surface area contributed by atoms with Gasteiger partial charge in [-0.2, -0.15) is 0 Å². The second kappa shape index (κ2) is 4.68. The van der Waals surface area contributed by atoms with Crippen LogP contribution >= 0.6 is 0 Å². The lowest BCUT2D eigenvalue weighted by atomic mass is 9.96. The van der Waals surface area contributed by atoms with E-state index in [9.17, 15) is 9.59 Å². The Hall–Kier alpha value is -1.85. The summed E-state index contributed by atoms with van der Waals surface area (Å²) in [5.41, 5.74) is 0.774. The first-order chi connectivity index (χ1) is 9.11. The molecule has 0 aromatic carbocycles. The van der Waals surface area contributed by atoms with Gasteiger partial charge in [-0.1, -0.05) is 5.16 Å². The number of carbonyl (C=O) groups excluding carboxylic acids is 2. The minimum Gasteiger partial charge on any atom is -0.361 e. The van der Waals surface area contributed by atoms with E-state index in [4.69, 9.17) is 4.52 Å². The van der Waals surface area contributed by atoms with Crippen molar-refractivity contribution in [3.8, 4) is 0 Å². The summed E-state index contributed by atoms with van der Waals surface area (Å²) in [7, 11) is 0. The maximum absolute atomic E-state index is 12.3. The molecule has 1 aromatic heterocycles. The van der Waals surface area contributed by atoms with Gasteiger partial charge in [0.15, 0.2) is 0 Å². The Labute approximate surface area is 111 Å². The summed E-state index contributed by atoms with van der Waals surface area (Å²) in [6, 6.07) is 1.87. The van der Waals surface area contributed by atoms with Crippen molar-refractivity contribution in [2.75, 3.05) is 13.1 Å². The number of fused-ring (bicyclic) bond motifs is 4. The Morgan fingerprint density at radius 2 is 2.37 bits per heavy atom. The number of aromatic nitrogens is 1. The highest BCUT2D eigenvalue weighted by Gasteiger charge is 2.36. The van der Waals surface area contributed by atoms with Crippen molar-refractivity contribution in [3.63, 3.8) is 0 Å². The zero-order valence-corrected chi connectivity index (χ0v) is 10.9. The van der Waals surface area contributed by atoms with E-state index < -0.39 is 0 Å². The van der Waals surface area contributed by atoms with E-state index in [1.54, 1.807) is 11.0 Å². The minimum absolute atomic E-state index is 0.00421. The van der Waals surface area contributed by atoms with Gasteiger partial charge < -0.3 is 14.7 Å². The maximum Gasteiger partial charge on any atom is 0.230 e. The number of nitrogens with one attached hydrogen (secondary N) is 1. The number of hydrogen-bond acceptors (Lipinski definition) is 4. The molecule has 1 N–H and O–H groups in total. The van der Waals surface area contributed by atoms with Crippen molar-refractivity contribution < 1.29 is 14.1 Å². The molecule has 19 heavy (non-hydrogen) atoms. The molecule has 2 atom stereocenters. The standard InChI is InChI=1S/C13H17N3O3/c1-8-4-11(19-15-8)5-12(17)16-6-9-2-3-10(7-16)14-13(9)18/h4,9-10H,2-3,5-7H2,1H3,(H,14,18)/t9-,10+/m1/s1. The Morgan fingerprint density at radius 3 is 3.05 bits per heavy atom. The minimum atomic E-state index is -0.0563. The molecule has 3 aliphatic heterocycles. The van der Waals surface area contributed by atoms with Crippen molar-refractivity contribution in [3.05, 3.63) is 17.5 Å². The average molecular weight is 263 g/mol. The smallest absolute Gasteiger partial charge is 0.230 e. The molecule has 102 valence electrons. The predicted octanol–water partition coefficient (Wildman–Crippen LogP) is 0.263. The molecule has 1 aromatic rings. The Morgan fingerprint density at radius 1 is 1.53 bits per heavy atom. The average Bonchev–Trinajstić information content (AvgIpc) is 2.61. The predicted molar refractivity (Wildman–Crippen MR) is 66.2 cm³/mol. The molecule has 3 fully saturated rings. The number of piperidine rings is 1. The highest BCUT2D eigenvalue weighted by molar-refractivity contribution is 5.83. The van der Waals surface area contributed by atoms with Gasteiger partial charge in [-0.25, -0.2) is 0 Å². The molecule has 4 heterocycles. The molecule has 3 saturated heterocycles. The summed E-state index contributed by atoms with van der Waals surface area (Å²) in [6.45, 7) is 2.95. The van der Waals surface area contributed by atoms with Crippen molar-refractivity contribution in [2.45, 2.75) is 32.2 Å². The quantitative estimate of drug-likeness (QED) is 0.830. The van der Waals surface area contributed by atoms with E-state index in [-0.39, 0.29) is 30.2 Å². The van der Waals surface area contributed by atoms with Crippen LogP contribution in [0.4, 0.5) is 0 Å². The lowest BCUT2D eigenvalue weighted by molar-refractivity contribution is -0.131. The van der Waals surface area contributed by atoms with Crippen LogP contribution in [-0.2, 0) is 16.0 Å². The van der Waals surface area contributed by atoms with Gasteiger partial charge in [0.05, 0.1) is 18.0 Å². The fraction of sp³-hybridized carbons (Fsp3) is 0.615. The molecule has 0 unspecified atom stereocenters. The molecule has 3 aliphatic rings. The molecule has 0 saturated carbocycles. The lowest BCUT2D eigenvalue weighted by Crippen LogP contribution is -2.44. The Balaban J connectivity index is 1.68. The first kappa shape index (κ1) is 12.2. The number of amides is 2. The topological polar surface area (TPSA) is 75.4 Å². The van der Waals surface area contributed by atoms with Crippen LogP contribution in [0.25, 0.3) is 0 Å². The van der Waals surface area contributed by atoms with Gasteiger partial charge in [-0.05, 0) is 19.8 Å². The summed E-state index contributed by atoms with van der Waals surface area (Å²) in [4.78, 5) is 25.8. The van der Waals surface area contributed by atoms with Gasteiger partial charge in [0.1, 0.15) is 5.76 Å². The first-order valence-corrected chi connectivity index (χ1v) is 6.62. The number of nitrogens with zero attached hydrogens (tertiary/aromatic N) is 2. The van der Waals surface area contributed by atoms with Crippen molar-refractivity contribution in [2.24, 2.45) is 5.92 Å². The second-order valence-electron chi connectivity index (χ2n) is 5.39. The van der Waals surface area contributed by atoms with E-state index in [0.29, 0.717) is 18.8 Å². The van der Waals surface area contributed by atoms with Crippen LogP contribution in [0.3, 0.4) is 0 Å². The normalized spacial score (nSPS) is 26.2. The van der Waals surface area contributed by atoms with Crippen molar-refractivity contribution in [1.29, 1.82) is 0 Å². The van der Waals surface area contributed by atoms with Crippen LogP contribution in [-0.4, -0.2) is 41.0 Å². The van der Waals surface area contributed by atoms with Gasteiger partial charge >= 0.3 is 0 Å². The number of rotatable bonds is 2. The Kier molecular flexibility index (Phi) is 3.00. The fourth-order valence-corrected chi connectivity index (χ4v) is 2.81. The van der Waals surface area contributed by atoms with Gasteiger partial charge in [-0.15, -0.1) is 0 Å². The van der Waals surface area contributed by atoms with Crippen molar-refractivity contribution >= 4 is 11.8 Å². The highest BCUT2D eigenvalue weighted by atomic mass is 16.5. The molecular formula is C13H17N3O3. The van der Waals surface area contributed by atoms with Crippen LogP contribution in [0.15, 0.2) is 10.6 Å². The van der Waals surface area contributed by atoms with Crippen molar-refractivity contribution in [1.82, 2.24) is 15.4 Å². The molecule has 6 heteroatoms. The number of aryl methyl sites for hydroxylation is 1. The maximum atomic E-state index is 12.3. The van der Waals surface area contributed by atoms with Crippen LogP contribution in [0.1, 0.15) is 24.3 Å². The molecular weight excluding hydrogens is 246 g/mol. The zero-order valence-electron chi connectivity index (χ0n) is 10.9. The third-order valence-electron chi connectivity index (χ3n) is 3.82. The molecule has 2 amide bonds. The summed E-state index contributed by atoms with van der Waals surface area (Å²) in [5.74, 6) is 0.615. The summed E-state index contributed by atoms with van der Waals surface area (Å²) >= 11 is 0. The largest absolute Gasteiger partial charge is 0.361 e. The molecule has 0 radical (unpaired) electrons. The molecule has 4 rings (SSSR count). The SMILES string of the molecule is Cc1cc(CC(=O)N2C[C@@H]3CC[C@H](C2)C(=O)N3)on1. The third kappa shape index (κ3) is 2.47. The fourth-order valence-electron chi connectivity index (χ4n) is 2.81. The van der Waals surface area contributed by atoms with E-state index >= 15 is 0 Å². The van der Waals surface area contributed by atoms with Gasteiger partial charge in [0.2, 0.25) is 11.8 Å². The lowest BCUT2D eigenvalue weighted by Gasteiger charge is -2.22. The van der Waals surface area contributed by atoms with Gasteiger partial charge in [0.25, 0.3) is 0 Å². The molecule has 2 bridgehead atoms. The van der Waals surface area contributed by atoms with Crippen LogP contribution in [0, 0.1) is 12.8 Å². The molecule has 0 aliphatic carbocycles. The van der Waals surface area contributed by atoms with Crippen LogP contribution in [0.5, 0.6) is 0 Å². The summed E-state index contributed by atoms with van der Waals surface area (Å²) < 4.78 is 5.07. The first-order valence-electron chi connectivity index (χ1n) is 6.62. The molecule has 6 nitrogen and oxygen atoms in total. The van der Waals surface area contributed by atoms with E-state index in [2.05, 4.69) is 10.5 Å². The number of hydrogen-bond donors (Lipinski definition) is 1. The highest BCUT2D eigenvalue weighted by Crippen LogP contribution is 2.23. The number of carbonyl (C=O) groups is 2. The van der Waals surface area contributed by atoms with Crippen LogP contribution in [0.2, 0.25) is 0 Å². The second-order valence-corrected chi connectivity index (χ2v) is 5.39. The Bertz CT molecular complexity index is 511. The van der Waals surface area contributed by atoms with Gasteiger partial charge in [0, 0.05) is 25.2 Å². The summed E-state index contributed by atoms with van der Waals surface area (Å²) in [6.07, 6.45) is 2.05. The van der Waals surface area contributed by atoms with E-state index in [1.165, 1.54) is 0 Å². The third-order valence-corrected chi connectivity index (χ3v) is 3.82. The van der Waals surface area contributed by atoms with Gasteiger partial charge in [-0.3, -0.25) is 9.59 Å². The summed E-state index contributed by atoms with van der Waals surface area (Å²) in [5, 5.41) is 6.74. The van der Waals surface area contributed by atoms with E-state index in [1.807, 2.05) is 6.92 Å². The monoisotopic (exact) mass is 263 g/mol. The van der Waals surface area contributed by atoms with E-state index in [0.717, 1.165) is 18.5 Å². The zero-order chi connectivity index (χ0) is 13.4. The van der Waals surface area contributed by atoms with Crippen LogP contribution < -0.4 is 5.32 Å².